The second-order valence-electron chi connectivity index (χ2n) is 3.65. The Morgan fingerprint density at radius 2 is 2.00 bits per heavy atom. The fourth-order valence-corrected chi connectivity index (χ4v) is 1.48. The number of amides is 2. The summed E-state index contributed by atoms with van der Waals surface area (Å²) in [5.41, 5.74) is 0.821. The first-order valence-electron chi connectivity index (χ1n) is 5.64. The van der Waals surface area contributed by atoms with Crippen molar-refractivity contribution in [3.05, 3.63) is 34.9 Å². The van der Waals surface area contributed by atoms with Crippen molar-refractivity contribution in [3.8, 4) is 0 Å². The predicted octanol–water partition coefficient (Wildman–Crippen LogP) is 1.24. The summed E-state index contributed by atoms with van der Waals surface area (Å²) in [4.78, 5) is 21.5. The molecule has 0 aliphatic heterocycles. The molecule has 3 N–H and O–H groups in total. The molecule has 0 atom stereocenters. The lowest BCUT2D eigenvalue weighted by Crippen LogP contribution is -2.37. The molecule has 0 saturated heterocycles. The molecule has 0 heterocycles. The van der Waals surface area contributed by atoms with Gasteiger partial charge in [0.25, 0.3) is 0 Å². The summed E-state index contributed by atoms with van der Waals surface area (Å²) in [5, 5.41) is 14.1. The molecule has 0 fully saturated rings. The van der Waals surface area contributed by atoms with E-state index in [4.69, 9.17) is 21.4 Å². The summed E-state index contributed by atoms with van der Waals surface area (Å²) in [6.45, 7) is 0.331. The molecule has 19 heavy (non-hydrogen) atoms. The number of aliphatic carboxylic acids is 1. The van der Waals surface area contributed by atoms with Gasteiger partial charge in [0, 0.05) is 18.1 Å². The molecule has 1 rings (SSSR count). The molecule has 0 unspecified atom stereocenters. The number of nitrogens with one attached hydrogen (secondary N) is 2. The number of carboxylic acid groups (broad SMARTS) is 1. The van der Waals surface area contributed by atoms with E-state index in [0.717, 1.165) is 5.56 Å². The first-order valence-corrected chi connectivity index (χ1v) is 6.02. The molecule has 0 spiro atoms. The highest BCUT2D eigenvalue weighted by Gasteiger charge is 2.03. The van der Waals surface area contributed by atoms with Gasteiger partial charge in [0.15, 0.2) is 0 Å². The van der Waals surface area contributed by atoms with Crippen LogP contribution in [0.5, 0.6) is 0 Å². The van der Waals surface area contributed by atoms with Gasteiger partial charge < -0.3 is 20.5 Å². The number of rotatable bonds is 7. The van der Waals surface area contributed by atoms with E-state index in [-0.39, 0.29) is 25.8 Å². The second-order valence-corrected chi connectivity index (χ2v) is 4.05. The zero-order valence-electron chi connectivity index (χ0n) is 10.2. The van der Waals surface area contributed by atoms with Gasteiger partial charge in [0.2, 0.25) is 0 Å². The van der Waals surface area contributed by atoms with E-state index in [1.165, 1.54) is 0 Å². The minimum Gasteiger partial charge on any atom is -0.480 e. The maximum Gasteiger partial charge on any atom is 0.329 e. The Bertz CT molecular complexity index is 439. The molecule has 1 aromatic rings. The van der Waals surface area contributed by atoms with Crippen molar-refractivity contribution in [1.82, 2.24) is 10.6 Å². The van der Waals surface area contributed by atoms with E-state index in [2.05, 4.69) is 10.6 Å². The Morgan fingerprint density at radius 3 is 2.68 bits per heavy atom. The zero-order valence-corrected chi connectivity index (χ0v) is 10.9. The fraction of sp³-hybridized carbons (Fsp3) is 0.333. The SMILES string of the molecule is O=C(O)COCCNC(=O)NCc1ccccc1Cl. The molecule has 7 heteroatoms. The number of carbonyl (C=O) groups excluding carboxylic acids is 1. The van der Waals surface area contributed by atoms with Crippen LogP contribution in [0.15, 0.2) is 24.3 Å². The van der Waals surface area contributed by atoms with Crippen molar-refractivity contribution in [3.63, 3.8) is 0 Å². The van der Waals surface area contributed by atoms with Crippen molar-refractivity contribution < 1.29 is 19.4 Å². The highest BCUT2D eigenvalue weighted by molar-refractivity contribution is 6.31. The van der Waals surface area contributed by atoms with Gasteiger partial charge in [-0.05, 0) is 11.6 Å². The molecule has 2 amide bonds. The fourth-order valence-electron chi connectivity index (χ4n) is 1.28. The normalized spacial score (nSPS) is 9.95. The molecule has 1 aromatic carbocycles. The lowest BCUT2D eigenvalue weighted by molar-refractivity contribution is -0.142. The van der Waals surface area contributed by atoms with Crippen LogP contribution in [-0.4, -0.2) is 36.9 Å². The molecule has 0 aromatic heterocycles. The minimum atomic E-state index is -1.04. The van der Waals surface area contributed by atoms with E-state index in [0.29, 0.717) is 11.6 Å². The van der Waals surface area contributed by atoms with E-state index in [1.54, 1.807) is 6.07 Å². The van der Waals surface area contributed by atoms with Gasteiger partial charge in [-0.2, -0.15) is 0 Å². The molecule has 0 aliphatic rings. The number of hydrogen-bond donors (Lipinski definition) is 3. The zero-order chi connectivity index (χ0) is 14.1. The van der Waals surface area contributed by atoms with Crippen molar-refractivity contribution in [1.29, 1.82) is 0 Å². The number of carboxylic acids is 1. The number of urea groups is 1. The summed E-state index contributed by atoms with van der Waals surface area (Å²) in [6, 6.07) is 6.85. The third-order valence-corrected chi connectivity index (χ3v) is 2.52. The summed E-state index contributed by atoms with van der Waals surface area (Å²) in [5.74, 6) is -1.04. The average Bonchev–Trinajstić information content (AvgIpc) is 2.37. The van der Waals surface area contributed by atoms with Gasteiger partial charge in [-0.3, -0.25) is 0 Å². The van der Waals surface area contributed by atoms with Crippen LogP contribution in [0, 0.1) is 0 Å². The maximum absolute atomic E-state index is 11.4. The van der Waals surface area contributed by atoms with Crippen LogP contribution in [0.1, 0.15) is 5.56 Å². The topological polar surface area (TPSA) is 87.7 Å². The largest absolute Gasteiger partial charge is 0.480 e. The second kappa shape index (κ2) is 8.34. The molecular weight excluding hydrogens is 272 g/mol. The Hall–Kier alpha value is -1.79. The van der Waals surface area contributed by atoms with Crippen LogP contribution in [0.4, 0.5) is 4.79 Å². The smallest absolute Gasteiger partial charge is 0.329 e. The number of carbonyl (C=O) groups is 2. The molecular formula is C12H15ClN2O4. The monoisotopic (exact) mass is 286 g/mol. The maximum atomic E-state index is 11.4. The molecule has 0 saturated carbocycles. The van der Waals surface area contributed by atoms with E-state index in [9.17, 15) is 9.59 Å². The summed E-state index contributed by atoms with van der Waals surface area (Å²) < 4.78 is 4.76. The van der Waals surface area contributed by atoms with Crippen LogP contribution in [0.25, 0.3) is 0 Å². The van der Waals surface area contributed by atoms with Crippen molar-refractivity contribution in [2.45, 2.75) is 6.54 Å². The molecule has 104 valence electrons. The van der Waals surface area contributed by atoms with E-state index >= 15 is 0 Å². The van der Waals surface area contributed by atoms with Crippen molar-refractivity contribution in [2.24, 2.45) is 0 Å². The number of ether oxygens (including phenoxy) is 1. The van der Waals surface area contributed by atoms with Crippen LogP contribution < -0.4 is 10.6 Å². The van der Waals surface area contributed by atoms with Crippen LogP contribution in [0.2, 0.25) is 5.02 Å². The Balaban J connectivity index is 2.15. The minimum absolute atomic E-state index is 0.145. The highest BCUT2D eigenvalue weighted by atomic mass is 35.5. The molecule has 0 bridgehead atoms. The average molecular weight is 287 g/mol. The van der Waals surface area contributed by atoms with Crippen LogP contribution in [-0.2, 0) is 16.1 Å². The van der Waals surface area contributed by atoms with Gasteiger partial charge in [0.1, 0.15) is 6.61 Å². The predicted molar refractivity (Wildman–Crippen MR) is 70.1 cm³/mol. The quantitative estimate of drug-likeness (QED) is 0.658. The molecule has 6 nitrogen and oxygen atoms in total. The van der Waals surface area contributed by atoms with Crippen molar-refractivity contribution in [2.75, 3.05) is 19.8 Å². The number of hydrogen-bond acceptors (Lipinski definition) is 3. The van der Waals surface area contributed by atoms with Crippen molar-refractivity contribution >= 4 is 23.6 Å². The first kappa shape index (κ1) is 15.3. The van der Waals surface area contributed by atoms with Gasteiger partial charge in [-0.25, -0.2) is 9.59 Å². The summed E-state index contributed by atoms with van der Waals surface area (Å²) in [6.07, 6.45) is 0. The van der Waals surface area contributed by atoms with Gasteiger partial charge in [0.05, 0.1) is 6.61 Å². The molecule has 0 radical (unpaired) electrons. The lowest BCUT2D eigenvalue weighted by atomic mass is 10.2. The number of benzene rings is 1. The summed E-state index contributed by atoms with van der Waals surface area (Å²) in [7, 11) is 0. The number of halogens is 1. The van der Waals surface area contributed by atoms with Gasteiger partial charge in [-0.1, -0.05) is 29.8 Å². The highest BCUT2D eigenvalue weighted by Crippen LogP contribution is 2.13. The van der Waals surface area contributed by atoms with Gasteiger partial charge in [-0.15, -0.1) is 0 Å². The van der Waals surface area contributed by atoms with Crippen LogP contribution >= 0.6 is 11.6 Å². The third-order valence-electron chi connectivity index (χ3n) is 2.15. The van der Waals surface area contributed by atoms with E-state index < -0.39 is 5.97 Å². The lowest BCUT2D eigenvalue weighted by Gasteiger charge is -2.08. The first-order chi connectivity index (χ1) is 9.09. The Labute approximate surface area is 115 Å². The third kappa shape index (κ3) is 6.64. The van der Waals surface area contributed by atoms with E-state index in [1.807, 2.05) is 18.2 Å². The van der Waals surface area contributed by atoms with Crippen LogP contribution in [0.3, 0.4) is 0 Å². The Morgan fingerprint density at radius 1 is 1.26 bits per heavy atom. The summed E-state index contributed by atoms with van der Waals surface area (Å²) >= 11 is 5.94. The standard InChI is InChI=1S/C12H15ClN2O4/c13-10-4-2-1-3-9(10)7-15-12(18)14-5-6-19-8-11(16)17/h1-4H,5-8H2,(H,16,17)(H2,14,15,18). The Kier molecular flexibility index (Phi) is 6.70. The van der Waals surface area contributed by atoms with Gasteiger partial charge >= 0.3 is 12.0 Å². The molecule has 0 aliphatic carbocycles.